The van der Waals surface area contributed by atoms with Crippen molar-refractivity contribution in [3.63, 3.8) is 0 Å². The number of quaternary nitrogens is 1. The van der Waals surface area contributed by atoms with E-state index in [-0.39, 0.29) is 17.0 Å². The molecule has 0 atom stereocenters. The third kappa shape index (κ3) is 9.78. The van der Waals surface area contributed by atoms with Crippen LogP contribution in [0, 0.1) is 0 Å². The van der Waals surface area contributed by atoms with Crippen molar-refractivity contribution in [1.29, 1.82) is 0 Å². The van der Waals surface area contributed by atoms with Gasteiger partial charge in [-0.1, -0.05) is 65.2 Å². The fourth-order valence-corrected chi connectivity index (χ4v) is 3.13. The van der Waals surface area contributed by atoms with Crippen LogP contribution in [0.2, 0.25) is 0 Å². The van der Waals surface area contributed by atoms with E-state index in [0.717, 1.165) is 4.48 Å². The van der Waals surface area contributed by atoms with Crippen LogP contribution >= 0.6 is 0 Å². The van der Waals surface area contributed by atoms with E-state index in [1.807, 2.05) is 6.20 Å². The molecule has 0 saturated heterocycles. The first-order valence-corrected chi connectivity index (χ1v) is 9.41. The van der Waals surface area contributed by atoms with Gasteiger partial charge in [-0.25, -0.2) is 4.99 Å². The lowest BCUT2D eigenvalue weighted by Gasteiger charge is -2.27. The van der Waals surface area contributed by atoms with Gasteiger partial charge in [-0.2, -0.15) is 0 Å². The smallest absolute Gasteiger partial charge is 0.194 e. The SMILES string of the molecule is CCCCCCCC[N+]1(CCCCCCCC)C=CN=C1.[Br-]. The lowest BCUT2D eigenvalue weighted by atomic mass is 10.1. The van der Waals surface area contributed by atoms with Gasteiger partial charge < -0.3 is 17.0 Å². The molecule has 0 radical (unpaired) electrons. The van der Waals surface area contributed by atoms with Gasteiger partial charge in [0.25, 0.3) is 0 Å². The van der Waals surface area contributed by atoms with E-state index in [4.69, 9.17) is 0 Å². The van der Waals surface area contributed by atoms with E-state index in [2.05, 4.69) is 31.4 Å². The van der Waals surface area contributed by atoms with Gasteiger partial charge >= 0.3 is 0 Å². The summed E-state index contributed by atoms with van der Waals surface area (Å²) in [5.41, 5.74) is 0. The monoisotopic (exact) mass is 372 g/mol. The predicted molar refractivity (Wildman–Crippen MR) is 94.4 cm³/mol. The molecular formula is C19H37BrN2. The summed E-state index contributed by atoms with van der Waals surface area (Å²) < 4.78 is 1.02. The molecule has 0 fully saturated rings. The summed E-state index contributed by atoms with van der Waals surface area (Å²) in [4.78, 5) is 4.36. The van der Waals surface area contributed by atoms with Crippen LogP contribution in [0.1, 0.15) is 90.9 Å². The molecule has 1 aliphatic rings. The molecule has 3 heteroatoms. The third-order valence-corrected chi connectivity index (χ3v) is 4.60. The fourth-order valence-electron chi connectivity index (χ4n) is 3.13. The Morgan fingerprint density at radius 2 is 1.14 bits per heavy atom. The van der Waals surface area contributed by atoms with Crippen LogP contribution in [0.15, 0.2) is 17.4 Å². The minimum absolute atomic E-state index is 0. The maximum Gasteiger partial charge on any atom is 0.194 e. The number of unbranched alkanes of at least 4 members (excludes halogenated alkanes) is 10. The number of hydrogen-bond acceptors (Lipinski definition) is 1. The van der Waals surface area contributed by atoms with Gasteiger partial charge in [0.2, 0.25) is 0 Å². The topological polar surface area (TPSA) is 12.4 Å². The molecule has 1 aliphatic heterocycles. The van der Waals surface area contributed by atoms with Crippen LogP contribution in [0.25, 0.3) is 0 Å². The zero-order valence-electron chi connectivity index (χ0n) is 14.9. The van der Waals surface area contributed by atoms with Crippen LogP contribution in [0.3, 0.4) is 0 Å². The van der Waals surface area contributed by atoms with E-state index < -0.39 is 0 Å². The van der Waals surface area contributed by atoms with E-state index in [9.17, 15) is 0 Å². The highest BCUT2D eigenvalue weighted by molar-refractivity contribution is 5.50. The minimum Gasteiger partial charge on any atom is -1.00 e. The predicted octanol–water partition coefficient (Wildman–Crippen LogP) is 3.04. The molecular weight excluding hydrogens is 336 g/mol. The number of hydrogen-bond donors (Lipinski definition) is 0. The van der Waals surface area contributed by atoms with Gasteiger partial charge in [0.15, 0.2) is 6.34 Å². The maximum absolute atomic E-state index is 4.36. The van der Waals surface area contributed by atoms with Crippen LogP contribution in [-0.2, 0) is 0 Å². The largest absolute Gasteiger partial charge is 1.00 e. The zero-order valence-corrected chi connectivity index (χ0v) is 16.5. The Kier molecular flexibility index (Phi) is 14.3. The molecule has 1 rings (SSSR count). The second kappa shape index (κ2) is 14.4. The zero-order chi connectivity index (χ0) is 15.2. The van der Waals surface area contributed by atoms with E-state index >= 15 is 0 Å². The van der Waals surface area contributed by atoms with Gasteiger partial charge in [-0.15, -0.1) is 0 Å². The average molecular weight is 373 g/mol. The molecule has 0 aliphatic carbocycles. The molecule has 130 valence electrons. The van der Waals surface area contributed by atoms with Crippen molar-refractivity contribution in [3.8, 4) is 0 Å². The Balaban J connectivity index is 0.00000441. The molecule has 0 aromatic rings. The number of nitrogens with zero attached hydrogens (tertiary/aromatic N) is 2. The third-order valence-electron chi connectivity index (χ3n) is 4.60. The summed E-state index contributed by atoms with van der Waals surface area (Å²) in [6.07, 6.45) is 23.1. The first-order chi connectivity index (χ1) is 10.3. The standard InChI is InChI=1S/C19H37N2.BrH/c1-3-5-7-9-11-13-16-21(18-15-20-19-21)17-14-12-10-8-6-4-2;/h15,18-19H,3-14,16-17H2,1-2H3;1H/q+1;/p-1. The quantitative estimate of drug-likeness (QED) is 0.328. The molecule has 0 saturated carbocycles. The average Bonchev–Trinajstić information content (AvgIpc) is 2.96. The maximum atomic E-state index is 4.36. The van der Waals surface area contributed by atoms with Gasteiger partial charge in [-0.3, -0.25) is 4.48 Å². The van der Waals surface area contributed by atoms with Gasteiger partial charge in [-0.05, 0) is 25.7 Å². The van der Waals surface area contributed by atoms with Gasteiger partial charge in [0, 0.05) is 0 Å². The van der Waals surface area contributed by atoms with E-state index in [1.54, 1.807) is 0 Å². The highest BCUT2D eigenvalue weighted by Crippen LogP contribution is 2.17. The number of halogens is 1. The molecule has 0 bridgehead atoms. The van der Waals surface area contributed by atoms with Crippen LogP contribution in [0.5, 0.6) is 0 Å². The Morgan fingerprint density at radius 1 is 0.682 bits per heavy atom. The molecule has 0 unspecified atom stereocenters. The van der Waals surface area contributed by atoms with Gasteiger partial charge in [0.05, 0.1) is 19.3 Å². The van der Waals surface area contributed by atoms with Crippen molar-refractivity contribution in [2.45, 2.75) is 90.9 Å². The summed E-state index contributed by atoms with van der Waals surface area (Å²) in [7, 11) is 0. The van der Waals surface area contributed by atoms with Crippen molar-refractivity contribution in [3.05, 3.63) is 12.4 Å². The fraction of sp³-hybridized carbons (Fsp3) is 0.842. The molecule has 0 aromatic carbocycles. The van der Waals surface area contributed by atoms with Crippen molar-refractivity contribution < 1.29 is 21.5 Å². The second-order valence-electron chi connectivity index (χ2n) is 6.65. The second-order valence-corrected chi connectivity index (χ2v) is 6.65. The lowest BCUT2D eigenvalue weighted by Crippen LogP contribution is -3.00. The molecule has 0 spiro atoms. The van der Waals surface area contributed by atoms with Crippen LogP contribution in [0.4, 0.5) is 0 Å². The normalized spacial score (nSPS) is 15.2. The van der Waals surface area contributed by atoms with Crippen LogP contribution in [-0.4, -0.2) is 23.9 Å². The Bertz CT molecular complexity index is 270. The first kappa shape index (κ1) is 21.9. The van der Waals surface area contributed by atoms with E-state index in [0.29, 0.717) is 0 Å². The molecule has 1 heterocycles. The highest BCUT2D eigenvalue weighted by Gasteiger charge is 2.24. The molecule has 0 N–H and O–H groups in total. The van der Waals surface area contributed by atoms with Crippen molar-refractivity contribution in [2.75, 3.05) is 13.1 Å². The summed E-state index contributed by atoms with van der Waals surface area (Å²) in [6, 6.07) is 0. The van der Waals surface area contributed by atoms with E-state index in [1.165, 1.54) is 90.1 Å². The Labute approximate surface area is 149 Å². The molecule has 22 heavy (non-hydrogen) atoms. The lowest BCUT2D eigenvalue weighted by molar-refractivity contribution is -0.780. The number of aliphatic imine (C=N–C) groups is 1. The Hall–Kier alpha value is -0.150. The minimum atomic E-state index is 0. The van der Waals surface area contributed by atoms with Crippen molar-refractivity contribution in [2.24, 2.45) is 4.99 Å². The molecule has 0 aromatic heterocycles. The first-order valence-electron chi connectivity index (χ1n) is 9.41. The summed E-state index contributed by atoms with van der Waals surface area (Å²) in [6.45, 7) is 7.07. The number of rotatable bonds is 14. The summed E-state index contributed by atoms with van der Waals surface area (Å²) in [5, 5.41) is 0. The van der Waals surface area contributed by atoms with Crippen molar-refractivity contribution >= 4 is 6.34 Å². The van der Waals surface area contributed by atoms with Gasteiger partial charge in [0.1, 0.15) is 6.20 Å². The molecule has 0 amide bonds. The van der Waals surface area contributed by atoms with Crippen molar-refractivity contribution in [1.82, 2.24) is 0 Å². The highest BCUT2D eigenvalue weighted by atomic mass is 79.9. The summed E-state index contributed by atoms with van der Waals surface area (Å²) in [5.74, 6) is 0. The summed E-state index contributed by atoms with van der Waals surface area (Å²) >= 11 is 0. The Morgan fingerprint density at radius 3 is 1.55 bits per heavy atom. The molecule has 2 nitrogen and oxygen atoms in total. The van der Waals surface area contributed by atoms with Crippen LogP contribution < -0.4 is 17.0 Å².